The van der Waals surface area contributed by atoms with Gasteiger partial charge >= 0.3 is 0 Å². The summed E-state index contributed by atoms with van der Waals surface area (Å²) in [5.41, 5.74) is 1.02. The maximum absolute atomic E-state index is 12.9. The topological polar surface area (TPSA) is 73.8 Å². The molecular weight excluding hydrogens is 470 g/mol. The van der Waals surface area contributed by atoms with Gasteiger partial charge in [-0.2, -0.15) is 0 Å². The van der Waals surface area contributed by atoms with Gasteiger partial charge in [0, 0.05) is 26.2 Å². The van der Waals surface area contributed by atoms with E-state index in [0.29, 0.717) is 32.1 Å². The largest absolute Gasteiger partial charge is 0.357 e. The molecule has 0 amide bonds. The molecule has 0 fully saturated rings. The lowest BCUT2D eigenvalue weighted by Crippen LogP contribution is -2.39. The summed E-state index contributed by atoms with van der Waals surface area (Å²) in [6, 6.07) is 6.37. The maximum atomic E-state index is 12.9. The summed E-state index contributed by atoms with van der Waals surface area (Å²) >= 11 is 0. The van der Waals surface area contributed by atoms with Crippen LogP contribution in [0.1, 0.15) is 26.3 Å². The van der Waals surface area contributed by atoms with Gasteiger partial charge in [-0.1, -0.05) is 26.0 Å². The fourth-order valence-corrected chi connectivity index (χ4v) is 3.70. The number of aliphatic imine (C=N–C) groups is 1. The molecule has 1 rings (SSSR count). The first-order chi connectivity index (χ1) is 11.9. The summed E-state index contributed by atoms with van der Waals surface area (Å²) in [5, 5.41) is 6.26. The van der Waals surface area contributed by atoms with Crippen molar-refractivity contribution in [1.82, 2.24) is 14.9 Å². The number of rotatable bonds is 10. The van der Waals surface area contributed by atoms with Gasteiger partial charge < -0.3 is 10.6 Å². The third kappa shape index (κ3) is 9.13. The van der Waals surface area contributed by atoms with E-state index in [1.54, 1.807) is 12.1 Å². The molecule has 0 heterocycles. The van der Waals surface area contributed by atoms with E-state index in [1.165, 1.54) is 16.4 Å². The first-order valence-corrected chi connectivity index (χ1v) is 10.3. The van der Waals surface area contributed by atoms with Gasteiger partial charge in [-0.15, -0.1) is 24.0 Å². The predicted molar refractivity (Wildman–Crippen MR) is 116 cm³/mol. The lowest BCUT2D eigenvalue weighted by Gasteiger charge is -2.18. The van der Waals surface area contributed by atoms with Gasteiger partial charge in [-0.25, -0.2) is 17.1 Å². The molecule has 1 aromatic carbocycles. The molecule has 0 aromatic heterocycles. The Balaban J connectivity index is 0.00000625. The molecular formula is C17H30FIN4O2S. The van der Waals surface area contributed by atoms with Crippen LogP contribution in [0.3, 0.4) is 0 Å². The number of nitrogens with one attached hydrogen (secondary N) is 2. The number of guanidine groups is 1. The zero-order valence-electron chi connectivity index (χ0n) is 15.7. The molecule has 0 radical (unpaired) electrons. The number of hydrogen-bond donors (Lipinski definition) is 2. The molecule has 0 bridgehead atoms. The highest BCUT2D eigenvalue weighted by molar-refractivity contribution is 14.0. The number of halogens is 2. The second-order valence-electron chi connectivity index (χ2n) is 5.46. The molecule has 0 aliphatic carbocycles. The Bertz CT molecular complexity index is 635. The van der Waals surface area contributed by atoms with Crippen molar-refractivity contribution in [2.24, 2.45) is 4.99 Å². The van der Waals surface area contributed by atoms with Crippen LogP contribution in [0, 0.1) is 5.82 Å². The van der Waals surface area contributed by atoms with E-state index < -0.39 is 10.0 Å². The molecule has 0 spiro atoms. The Morgan fingerprint density at radius 1 is 1.12 bits per heavy atom. The summed E-state index contributed by atoms with van der Waals surface area (Å²) in [7, 11) is -3.27. The molecule has 0 saturated heterocycles. The van der Waals surface area contributed by atoms with Crippen molar-refractivity contribution >= 4 is 40.0 Å². The summed E-state index contributed by atoms with van der Waals surface area (Å²) in [6.45, 7) is 8.05. The van der Waals surface area contributed by atoms with Crippen LogP contribution < -0.4 is 10.6 Å². The van der Waals surface area contributed by atoms with E-state index in [-0.39, 0.29) is 42.1 Å². The minimum atomic E-state index is -3.27. The van der Waals surface area contributed by atoms with E-state index in [1.807, 2.05) is 20.8 Å². The first kappa shape index (κ1) is 25.1. The van der Waals surface area contributed by atoms with E-state index in [9.17, 15) is 12.8 Å². The molecule has 26 heavy (non-hydrogen) atoms. The molecule has 0 saturated carbocycles. The lowest BCUT2D eigenvalue weighted by atomic mass is 10.1. The lowest BCUT2D eigenvalue weighted by molar-refractivity contribution is 0.445. The van der Waals surface area contributed by atoms with Crippen molar-refractivity contribution in [2.45, 2.75) is 27.2 Å². The van der Waals surface area contributed by atoms with Crippen molar-refractivity contribution in [3.05, 3.63) is 35.6 Å². The number of hydrogen-bond acceptors (Lipinski definition) is 3. The average molecular weight is 500 g/mol. The second kappa shape index (κ2) is 13.3. The SMILES string of the molecule is CCNC(=NCCS(=O)(=O)N(CC)CC)NCCc1ccc(F)cc1.I. The maximum Gasteiger partial charge on any atom is 0.215 e. The normalized spacial score (nSPS) is 12.0. The monoisotopic (exact) mass is 500 g/mol. The van der Waals surface area contributed by atoms with Crippen LogP contribution in [0.15, 0.2) is 29.3 Å². The van der Waals surface area contributed by atoms with Crippen LogP contribution in [0.4, 0.5) is 4.39 Å². The van der Waals surface area contributed by atoms with Gasteiger partial charge in [0.2, 0.25) is 10.0 Å². The Morgan fingerprint density at radius 3 is 2.27 bits per heavy atom. The van der Waals surface area contributed by atoms with E-state index >= 15 is 0 Å². The molecule has 1 aromatic rings. The molecule has 0 aliphatic rings. The number of sulfonamides is 1. The minimum absolute atomic E-state index is 0. The molecule has 9 heteroatoms. The molecule has 0 atom stereocenters. The molecule has 2 N–H and O–H groups in total. The zero-order chi connectivity index (χ0) is 18.7. The molecule has 150 valence electrons. The summed E-state index contributed by atoms with van der Waals surface area (Å²) < 4.78 is 38.6. The zero-order valence-corrected chi connectivity index (χ0v) is 18.8. The first-order valence-electron chi connectivity index (χ1n) is 8.67. The Morgan fingerprint density at radius 2 is 1.73 bits per heavy atom. The van der Waals surface area contributed by atoms with Crippen LogP contribution in [-0.2, 0) is 16.4 Å². The van der Waals surface area contributed by atoms with Gasteiger partial charge in [0.25, 0.3) is 0 Å². The smallest absolute Gasteiger partial charge is 0.215 e. The average Bonchev–Trinajstić information content (AvgIpc) is 2.57. The summed E-state index contributed by atoms with van der Waals surface area (Å²) in [5.74, 6) is 0.323. The van der Waals surface area contributed by atoms with Gasteiger partial charge in [0.05, 0.1) is 12.3 Å². The Kier molecular flexibility index (Phi) is 12.8. The number of nitrogens with zero attached hydrogens (tertiary/aromatic N) is 2. The predicted octanol–water partition coefficient (Wildman–Crippen LogP) is 2.21. The van der Waals surface area contributed by atoms with Crippen molar-refractivity contribution in [3.8, 4) is 0 Å². The fraction of sp³-hybridized carbons (Fsp3) is 0.588. The van der Waals surface area contributed by atoms with Gasteiger partial charge in [0.15, 0.2) is 5.96 Å². The van der Waals surface area contributed by atoms with Gasteiger partial charge in [-0.05, 0) is 31.0 Å². The Hall–Kier alpha value is -0.940. The molecule has 6 nitrogen and oxygen atoms in total. The third-order valence-electron chi connectivity index (χ3n) is 3.68. The van der Waals surface area contributed by atoms with Crippen LogP contribution in [-0.4, -0.2) is 57.2 Å². The van der Waals surface area contributed by atoms with Gasteiger partial charge in [-0.3, -0.25) is 4.99 Å². The van der Waals surface area contributed by atoms with Crippen LogP contribution in [0.2, 0.25) is 0 Å². The molecule has 0 unspecified atom stereocenters. The van der Waals surface area contributed by atoms with Crippen molar-refractivity contribution in [1.29, 1.82) is 0 Å². The highest BCUT2D eigenvalue weighted by Gasteiger charge is 2.17. The second-order valence-corrected chi connectivity index (χ2v) is 7.55. The van der Waals surface area contributed by atoms with Crippen molar-refractivity contribution < 1.29 is 12.8 Å². The van der Waals surface area contributed by atoms with Crippen LogP contribution in [0.5, 0.6) is 0 Å². The highest BCUT2D eigenvalue weighted by atomic mass is 127. The Labute approximate surface area is 173 Å². The van der Waals surface area contributed by atoms with E-state index in [4.69, 9.17) is 0 Å². The third-order valence-corrected chi connectivity index (χ3v) is 5.68. The van der Waals surface area contributed by atoms with E-state index in [0.717, 1.165) is 12.0 Å². The van der Waals surface area contributed by atoms with Crippen LogP contribution >= 0.6 is 24.0 Å². The van der Waals surface area contributed by atoms with Crippen molar-refractivity contribution in [3.63, 3.8) is 0 Å². The standard InChI is InChI=1S/C17H29FN4O2S.HI/c1-4-19-17(20-12-11-15-7-9-16(18)10-8-15)21-13-14-25(23,24)22(5-2)6-3;/h7-10H,4-6,11-14H2,1-3H3,(H2,19,20,21);1H. The highest BCUT2D eigenvalue weighted by Crippen LogP contribution is 2.03. The minimum Gasteiger partial charge on any atom is -0.357 e. The van der Waals surface area contributed by atoms with Crippen LogP contribution in [0.25, 0.3) is 0 Å². The van der Waals surface area contributed by atoms with Crippen molar-refractivity contribution in [2.75, 3.05) is 38.5 Å². The summed E-state index contributed by atoms with van der Waals surface area (Å²) in [6.07, 6.45) is 0.725. The summed E-state index contributed by atoms with van der Waals surface area (Å²) in [4.78, 5) is 4.32. The fourth-order valence-electron chi connectivity index (χ4n) is 2.34. The quantitative estimate of drug-likeness (QED) is 0.294. The molecule has 0 aliphatic heterocycles. The number of benzene rings is 1. The van der Waals surface area contributed by atoms with Gasteiger partial charge in [0.1, 0.15) is 5.82 Å². The van der Waals surface area contributed by atoms with E-state index in [2.05, 4.69) is 15.6 Å².